The largest absolute Gasteiger partial charge is 0.387 e. The predicted molar refractivity (Wildman–Crippen MR) is 68.9 cm³/mol. The van der Waals surface area contributed by atoms with E-state index >= 15 is 0 Å². The van der Waals surface area contributed by atoms with Gasteiger partial charge >= 0.3 is 5.69 Å². The molecule has 0 spiro atoms. The number of nitrogen functional groups attached to an aromatic ring is 1. The number of hydrogen-bond donors (Lipinski definition) is 4. The number of hydrogen-bond acceptors (Lipinski definition) is 7. The topological polar surface area (TPSA) is 131 Å². The lowest BCUT2D eigenvalue weighted by molar-refractivity contribution is -0.218. The molecule has 18 heavy (non-hydrogen) atoms. The van der Waals surface area contributed by atoms with Crippen LogP contribution in [0.25, 0.3) is 0 Å². The Labute approximate surface area is 115 Å². The van der Waals surface area contributed by atoms with E-state index in [1.54, 1.807) is 22.6 Å². The molecule has 0 aromatic carbocycles. The Balaban J connectivity index is 2.35. The van der Waals surface area contributed by atoms with E-state index in [-0.39, 0.29) is 5.82 Å². The second-order valence-electron chi connectivity index (χ2n) is 3.89. The zero-order chi connectivity index (χ0) is 13.4. The Morgan fingerprint density at radius 1 is 1.33 bits per heavy atom. The van der Waals surface area contributed by atoms with Gasteiger partial charge in [0.25, 0.3) is 0 Å². The van der Waals surface area contributed by atoms with Crippen LogP contribution in [0.1, 0.15) is 6.23 Å². The summed E-state index contributed by atoms with van der Waals surface area (Å²) in [7, 11) is 0. The number of anilines is 1. The van der Waals surface area contributed by atoms with Gasteiger partial charge in [0, 0.05) is 6.20 Å². The van der Waals surface area contributed by atoms with Crippen LogP contribution in [0, 0.1) is 0 Å². The summed E-state index contributed by atoms with van der Waals surface area (Å²) in [5, 5.41) is 29.0. The van der Waals surface area contributed by atoms with Crippen molar-refractivity contribution in [1.82, 2.24) is 9.55 Å². The molecule has 1 fully saturated rings. The van der Waals surface area contributed by atoms with Gasteiger partial charge in [-0.2, -0.15) is 4.98 Å². The first-order chi connectivity index (χ1) is 8.41. The molecular formula is C9H12IN3O5. The number of aromatic nitrogens is 2. The van der Waals surface area contributed by atoms with Gasteiger partial charge in [-0.25, -0.2) is 4.79 Å². The molecule has 1 aromatic rings. The highest BCUT2D eigenvalue weighted by molar-refractivity contribution is 14.1. The molecule has 5 atom stereocenters. The fourth-order valence-electron chi connectivity index (χ4n) is 1.67. The molecule has 9 heteroatoms. The minimum absolute atomic E-state index is 0.0492. The molecule has 0 bridgehead atoms. The second kappa shape index (κ2) is 5.09. The fourth-order valence-corrected chi connectivity index (χ4v) is 2.40. The molecule has 1 aliphatic heterocycles. The minimum Gasteiger partial charge on any atom is -0.387 e. The summed E-state index contributed by atoms with van der Waals surface area (Å²) in [6.07, 6.45) is -3.88. The minimum atomic E-state index is -1.44. The Kier molecular flexibility index (Phi) is 3.87. The van der Waals surface area contributed by atoms with E-state index in [2.05, 4.69) is 4.98 Å². The molecule has 0 radical (unpaired) electrons. The van der Waals surface area contributed by atoms with Crippen molar-refractivity contribution in [1.29, 1.82) is 0 Å². The van der Waals surface area contributed by atoms with Crippen LogP contribution in [0.5, 0.6) is 0 Å². The number of halogens is 1. The normalized spacial score (nSPS) is 36.6. The van der Waals surface area contributed by atoms with Gasteiger partial charge in [-0.05, 0) is 28.7 Å². The number of ether oxygens (including phenoxy) is 1. The first kappa shape index (κ1) is 13.7. The summed E-state index contributed by atoms with van der Waals surface area (Å²) >= 11 is 1.76. The maximum Gasteiger partial charge on any atom is 0.351 e. The van der Waals surface area contributed by atoms with Crippen LogP contribution in [-0.4, -0.2) is 47.3 Å². The summed E-state index contributed by atoms with van der Waals surface area (Å²) in [6, 6.07) is 1.37. The molecule has 2 heterocycles. The lowest BCUT2D eigenvalue weighted by Gasteiger charge is -2.38. The van der Waals surface area contributed by atoms with Gasteiger partial charge in [-0.15, -0.1) is 0 Å². The number of rotatable bonds is 1. The number of nitrogens with two attached hydrogens (primary N) is 1. The summed E-state index contributed by atoms with van der Waals surface area (Å²) in [5.74, 6) is 0.0492. The lowest BCUT2D eigenvalue weighted by Crippen LogP contribution is -2.55. The highest BCUT2D eigenvalue weighted by atomic mass is 127. The van der Waals surface area contributed by atoms with Crippen LogP contribution in [0.2, 0.25) is 0 Å². The third kappa shape index (κ3) is 2.36. The van der Waals surface area contributed by atoms with E-state index < -0.39 is 34.3 Å². The van der Waals surface area contributed by atoms with Gasteiger partial charge in [-0.3, -0.25) is 4.57 Å². The van der Waals surface area contributed by atoms with Gasteiger partial charge in [0.2, 0.25) is 0 Å². The number of alkyl halides is 1. The molecular weight excluding hydrogens is 357 g/mol. The highest BCUT2D eigenvalue weighted by Gasteiger charge is 2.43. The van der Waals surface area contributed by atoms with Crippen molar-refractivity contribution in [2.75, 3.05) is 5.73 Å². The van der Waals surface area contributed by atoms with Crippen LogP contribution in [-0.2, 0) is 4.74 Å². The molecule has 0 amide bonds. The quantitative estimate of drug-likeness (QED) is 0.339. The average Bonchev–Trinajstić information content (AvgIpc) is 2.32. The average molecular weight is 369 g/mol. The summed E-state index contributed by atoms with van der Waals surface area (Å²) in [6.45, 7) is 0. The maximum atomic E-state index is 11.6. The molecule has 2 unspecified atom stereocenters. The molecule has 1 aliphatic rings. The molecule has 8 nitrogen and oxygen atoms in total. The first-order valence-electron chi connectivity index (χ1n) is 5.10. The van der Waals surface area contributed by atoms with Crippen LogP contribution in [0.3, 0.4) is 0 Å². The summed E-state index contributed by atoms with van der Waals surface area (Å²) in [4.78, 5) is 15.1. The summed E-state index contributed by atoms with van der Waals surface area (Å²) < 4.78 is 5.56. The second-order valence-corrected chi connectivity index (χ2v) is 5.12. The van der Waals surface area contributed by atoms with Gasteiger partial charge in [0.05, 0.1) is 0 Å². The van der Waals surface area contributed by atoms with E-state index in [4.69, 9.17) is 10.5 Å². The van der Waals surface area contributed by atoms with Crippen LogP contribution < -0.4 is 11.4 Å². The van der Waals surface area contributed by atoms with Crippen molar-refractivity contribution in [3.05, 3.63) is 22.7 Å². The molecule has 5 N–H and O–H groups in total. The predicted octanol–water partition coefficient (Wildman–Crippen LogP) is -1.80. The Hall–Kier alpha value is -0.750. The van der Waals surface area contributed by atoms with Crippen LogP contribution in [0.4, 0.5) is 5.82 Å². The smallest absolute Gasteiger partial charge is 0.351 e. The van der Waals surface area contributed by atoms with Gasteiger partial charge in [0.15, 0.2) is 6.23 Å². The van der Waals surface area contributed by atoms with E-state index in [1.807, 2.05) is 0 Å². The Morgan fingerprint density at radius 3 is 2.61 bits per heavy atom. The van der Waals surface area contributed by atoms with E-state index in [0.29, 0.717) is 0 Å². The number of aliphatic hydroxyl groups is 3. The van der Waals surface area contributed by atoms with E-state index in [0.717, 1.165) is 4.57 Å². The fraction of sp³-hybridized carbons (Fsp3) is 0.556. The Bertz CT molecular complexity index is 495. The number of aliphatic hydroxyl groups excluding tert-OH is 3. The van der Waals surface area contributed by atoms with Gasteiger partial charge in [0.1, 0.15) is 28.2 Å². The van der Waals surface area contributed by atoms with Crippen molar-refractivity contribution in [3.63, 3.8) is 0 Å². The van der Waals surface area contributed by atoms with Gasteiger partial charge < -0.3 is 25.8 Å². The van der Waals surface area contributed by atoms with Crippen LogP contribution in [0.15, 0.2) is 17.1 Å². The van der Waals surface area contributed by atoms with Crippen molar-refractivity contribution >= 4 is 28.4 Å². The van der Waals surface area contributed by atoms with Crippen molar-refractivity contribution in [2.24, 2.45) is 0 Å². The van der Waals surface area contributed by atoms with E-state index in [9.17, 15) is 20.1 Å². The zero-order valence-electron chi connectivity index (χ0n) is 9.05. The molecule has 1 aromatic heterocycles. The Morgan fingerprint density at radius 2 is 2.00 bits per heavy atom. The standard InChI is InChI=1S/C9H12IN3O5/c10-7-5(15)4(14)6(16)8(18-7)13-2-1-3(11)12-9(13)17/h1-2,4-8,14-16H,(H2,11,12,17)/t4-,5+,6+,7?,8?/m1/s1. The van der Waals surface area contributed by atoms with Crippen LogP contribution >= 0.6 is 22.6 Å². The monoisotopic (exact) mass is 369 g/mol. The molecule has 0 saturated carbocycles. The first-order valence-corrected chi connectivity index (χ1v) is 6.35. The molecule has 100 valence electrons. The summed E-state index contributed by atoms with van der Waals surface area (Å²) in [5.41, 5.74) is 4.65. The maximum absolute atomic E-state index is 11.6. The van der Waals surface area contributed by atoms with Crippen molar-refractivity contribution in [3.8, 4) is 0 Å². The van der Waals surface area contributed by atoms with Crippen molar-refractivity contribution < 1.29 is 20.1 Å². The third-order valence-electron chi connectivity index (χ3n) is 2.66. The SMILES string of the molecule is Nc1ccn(C2OC(I)[C@@H](O)[C@@H](O)[C@@H]2O)c(=O)n1. The van der Waals surface area contributed by atoms with Gasteiger partial charge in [-0.1, -0.05) is 0 Å². The molecule has 0 aliphatic carbocycles. The third-order valence-corrected chi connectivity index (χ3v) is 3.69. The van der Waals surface area contributed by atoms with Crippen molar-refractivity contribution in [2.45, 2.75) is 28.7 Å². The van der Waals surface area contributed by atoms with E-state index in [1.165, 1.54) is 12.3 Å². The molecule has 1 saturated heterocycles. The highest BCUT2D eigenvalue weighted by Crippen LogP contribution is 2.30. The lowest BCUT2D eigenvalue weighted by atomic mass is 10.0. The molecule has 2 rings (SSSR count). The zero-order valence-corrected chi connectivity index (χ0v) is 11.2. The number of nitrogens with zero attached hydrogens (tertiary/aromatic N) is 2.